The summed E-state index contributed by atoms with van der Waals surface area (Å²) < 4.78 is 2.80. The molecule has 0 unspecified atom stereocenters. The minimum absolute atomic E-state index is 0.0435. The Balaban J connectivity index is 1.88. The molecule has 0 aliphatic rings. The molecule has 0 aliphatic carbocycles. The summed E-state index contributed by atoms with van der Waals surface area (Å²) in [6.07, 6.45) is 5.17. The molecule has 2 aromatic carbocycles. The number of carbonyl (C=O) groups is 1. The summed E-state index contributed by atoms with van der Waals surface area (Å²) in [5.41, 5.74) is 2.48. The van der Waals surface area contributed by atoms with Gasteiger partial charge >= 0.3 is 0 Å². The van der Waals surface area contributed by atoms with Gasteiger partial charge in [-0.1, -0.05) is 62.7 Å². The number of nitrogens with one attached hydrogen (secondary N) is 1. The van der Waals surface area contributed by atoms with Crippen molar-refractivity contribution < 1.29 is 4.79 Å². The quantitative estimate of drug-likeness (QED) is 0.494. The van der Waals surface area contributed by atoms with Gasteiger partial charge in [-0.3, -0.25) is 9.59 Å². The van der Waals surface area contributed by atoms with Crippen LogP contribution in [0.4, 0.5) is 0 Å². The van der Waals surface area contributed by atoms with Crippen molar-refractivity contribution in [2.75, 3.05) is 0 Å². The largest absolute Gasteiger partial charge is 0.313 e. The van der Waals surface area contributed by atoms with E-state index in [1.165, 1.54) is 17.4 Å². The van der Waals surface area contributed by atoms with E-state index in [4.69, 9.17) is 16.7 Å². The molecule has 0 bridgehead atoms. The monoisotopic (exact) mass is 463 g/mol. The maximum atomic E-state index is 12.6. The Morgan fingerprint density at radius 2 is 1.88 bits per heavy atom. The molecule has 0 saturated heterocycles. The molecule has 0 saturated carbocycles. The summed E-state index contributed by atoms with van der Waals surface area (Å²) in [4.78, 5) is 27.7. The number of H-pyrrole nitrogens is 1. The number of carbonyl (C=O) groups excluding carboxylic acids is 1. The van der Waals surface area contributed by atoms with E-state index in [0.29, 0.717) is 19.9 Å². The highest BCUT2D eigenvalue weighted by Crippen LogP contribution is 2.26. The van der Waals surface area contributed by atoms with Crippen molar-refractivity contribution in [2.45, 2.75) is 20.8 Å². The third kappa shape index (κ3) is 4.82. The van der Waals surface area contributed by atoms with E-state index in [-0.39, 0.29) is 11.3 Å². The molecule has 0 fully saturated rings. The van der Waals surface area contributed by atoms with Crippen LogP contribution >= 0.6 is 22.9 Å². The molecule has 5 nitrogen and oxygen atoms in total. The predicted molar refractivity (Wildman–Crippen MR) is 131 cm³/mol. The molecule has 1 N–H and O–H groups in total. The van der Waals surface area contributed by atoms with Crippen molar-refractivity contribution >= 4 is 40.9 Å². The highest BCUT2D eigenvalue weighted by atomic mass is 35.5. The molecule has 2 aromatic heterocycles. The predicted octanol–water partition coefficient (Wildman–Crippen LogP) is 4.17. The van der Waals surface area contributed by atoms with Gasteiger partial charge in [-0.2, -0.15) is 5.10 Å². The van der Waals surface area contributed by atoms with Gasteiger partial charge in [0.05, 0.1) is 14.9 Å². The second-order valence-corrected chi connectivity index (χ2v) is 9.93. The number of nitrogens with zero attached hydrogens (tertiary/aromatic N) is 2. The molecule has 4 rings (SSSR count). The molecular formula is C25H22ClN3O2S. The number of hydrogen-bond donors (Lipinski definition) is 1. The van der Waals surface area contributed by atoms with Gasteiger partial charge in [0.15, 0.2) is 5.78 Å². The molecule has 0 spiro atoms. The fourth-order valence-electron chi connectivity index (χ4n) is 3.07. The molecule has 0 atom stereocenters. The summed E-state index contributed by atoms with van der Waals surface area (Å²) >= 11 is 7.46. The van der Waals surface area contributed by atoms with E-state index in [9.17, 15) is 9.59 Å². The first-order valence-corrected chi connectivity index (χ1v) is 11.3. The number of aromatic amines is 1. The fourth-order valence-corrected chi connectivity index (χ4v) is 4.13. The molecule has 2 heterocycles. The Hall–Kier alpha value is -3.22. The molecule has 32 heavy (non-hydrogen) atoms. The standard InChI is InChI=1S/C25H22ClN3O2S/c1-25(2,3)21(30)14-22-27-24(31)20(32-22)13-17-15-29(19-10-5-4-6-11-19)28-23(17)16-8-7-9-18(26)12-16/h4-15H,1-3H3,(H,27,31)/b20-13+,22-14+. The van der Waals surface area contributed by atoms with E-state index < -0.39 is 5.41 Å². The minimum atomic E-state index is -0.513. The highest BCUT2D eigenvalue weighted by molar-refractivity contribution is 7.07. The van der Waals surface area contributed by atoms with Crippen molar-refractivity contribution in [1.82, 2.24) is 14.8 Å². The average Bonchev–Trinajstić information content (AvgIpc) is 3.32. The van der Waals surface area contributed by atoms with Crippen LogP contribution in [0.2, 0.25) is 5.02 Å². The van der Waals surface area contributed by atoms with Crippen LogP contribution in [0.1, 0.15) is 26.3 Å². The summed E-state index contributed by atoms with van der Waals surface area (Å²) in [7, 11) is 0. The van der Waals surface area contributed by atoms with Crippen LogP contribution in [0, 0.1) is 5.41 Å². The molecule has 162 valence electrons. The van der Waals surface area contributed by atoms with Crippen LogP contribution < -0.4 is 14.8 Å². The summed E-state index contributed by atoms with van der Waals surface area (Å²) in [6, 6.07) is 17.2. The van der Waals surface area contributed by atoms with Crippen molar-refractivity contribution in [2.24, 2.45) is 5.41 Å². The van der Waals surface area contributed by atoms with Gasteiger partial charge in [0.2, 0.25) is 0 Å². The summed E-state index contributed by atoms with van der Waals surface area (Å²) in [5.74, 6) is -0.0435. The lowest BCUT2D eigenvalue weighted by Gasteiger charge is -2.12. The van der Waals surface area contributed by atoms with Crippen LogP contribution in [0.3, 0.4) is 0 Å². The zero-order valence-electron chi connectivity index (χ0n) is 17.9. The maximum absolute atomic E-state index is 12.6. The Bertz CT molecular complexity index is 1460. The van der Waals surface area contributed by atoms with E-state index in [2.05, 4.69) is 4.98 Å². The number of rotatable bonds is 4. The Morgan fingerprint density at radius 1 is 1.12 bits per heavy atom. The first kappa shape index (κ1) is 22.0. The van der Waals surface area contributed by atoms with Crippen molar-refractivity contribution in [3.05, 3.63) is 90.9 Å². The second kappa shape index (κ2) is 8.73. The topological polar surface area (TPSA) is 67.8 Å². The molecular weight excluding hydrogens is 442 g/mol. The van der Waals surface area contributed by atoms with Gasteiger partial charge in [-0.15, -0.1) is 11.3 Å². The number of para-hydroxylation sites is 1. The smallest absolute Gasteiger partial charge is 0.266 e. The van der Waals surface area contributed by atoms with Gasteiger partial charge in [0, 0.05) is 33.8 Å². The first-order chi connectivity index (χ1) is 15.2. The second-order valence-electron chi connectivity index (χ2n) is 8.41. The van der Waals surface area contributed by atoms with Crippen molar-refractivity contribution in [3.63, 3.8) is 0 Å². The van der Waals surface area contributed by atoms with Gasteiger partial charge in [0.1, 0.15) is 5.69 Å². The van der Waals surface area contributed by atoms with Crippen LogP contribution in [-0.2, 0) is 4.79 Å². The molecule has 0 aliphatic heterocycles. The third-order valence-electron chi connectivity index (χ3n) is 4.83. The van der Waals surface area contributed by atoms with E-state index in [0.717, 1.165) is 16.8 Å². The van der Waals surface area contributed by atoms with Crippen LogP contribution in [0.5, 0.6) is 0 Å². The molecule has 0 radical (unpaired) electrons. The number of ketones is 1. The molecule has 7 heteroatoms. The summed E-state index contributed by atoms with van der Waals surface area (Å²) in [5, 5.41) is 5.37. The lowest BCUT2D eigenvalue weighted by molar-refractivity contribution is -0.119. The van der Waals surface area contributed by atoms with Crippen molar-refractivity contribution in [1.29, 1.82) is 0 Å². The third-order valence-corrected chi connectivity index (χ3v) is 6.03. The Morgan fingerprint density at radius 3 is 2.56 bits per heavy atom. The maximum Gasteiger partial charge on any atom is 0.266 e. The summed E-state index contributed by atoms with van der Waals surface area (Å²) in [6.45, 7) is 5.54. The highest BCUT2D eigenvalue weighted by Gasteiger charge is 2.19. The molecule has 0 amide bonds. The number of Topliss-reactive ketones (excluding diaryl/α,β-unsaturated/α-hetero) is 1. The van der Waals surface area contributed by atoms with E-state index in [1.807, 2.05) is 75.5 Å². The number of thiazole rings is 1. The lowest BCUT2D eigenvalue weighted by atomic mass is 9.91. The lowest BCUT2D eigenvalue weighted by Crippen LogP contribution is -2.22. The van der Waals surface area contributed by atoms with Gasteiger partial charge in [-0.05, 0) is 30.3 Å². The van der Waals surface area contributed by atoms with Crippen LogP contribution in [0.25, 0.3) is 29.1 Å². The number of hydrogen-bond acceptors (Lipinski definition) is 4. The van der Waals surface area contributed by atoms with E-state index in [1.54, 1.807) is 16.8 Å². The van der Waals surface area contributed by atoms with Gasteiger partial charge in [-0.25, -0.2) is 4.68 Å². The number of benzene rings is 2. The van der Waals surface area contributed by atoms with Crippen molar-refractivity contribution in [3.8, 4) is 16.9 Å². The Labute approximate surface area is 194 Å². The normalized spacial score (nSPS) is 13.0. The number of aromatic nitrogens is 3. The fraction of sp³-hybridized carbons (Fsp3) is 0.160. The zero-order valence-corrected chi connectivity index (χ0v) is 19.5. The SMILES string of the molecule is CC(C)(C)C(=O)/C=c1\[nH]c(=O)/c(=C\c2cn(-c3ccccc3)nc2-c2cccc(Cl)c2)s1. The zero-order chi connectivity index (χ0) is 22.9. The molecule has 4 aromatic rings. The Kier molecular flexibility index (Phi) is 6.00. The average molecular weight is 464 g/mol. The van der Waals surface area contributed by atoms with Crippen LogP contribution in [0.15, 0.2) is 65.6 Å². The van der Waals surface area contributed by atoms with E-state index >= 15 is 0 Å². The van der Waals surface area contributed by atoms with Crippen LogP contribution in [-0.4, -0.2) is 20.5 Å². The first-order valence-electron chi connectivity index (χ1n) is 10.1. The number of halogens is 1. The van der Waals surface area contributed by atoms with Gasteiger partial charge < -0.3 is 4.98 Å². The minimum Gasteiger partial charge on any atom is -0.313 e. The van der Waals surface area contributed by atoms with Gasteiger partial charge in [0.25, 0.3) is 5.56 Å².